The molecule has 1 amide bonds. The van der Waals surface area contributed by atoms with Gasteiger partial charge in [0.15, 0.2) is 0 Å². The van der Waals surface area contributed by atoms with Gasteiger partial charge >= 0.3 is 0 Å². The van der Waals surface area contributed by atoms with Gasteiger partial charge < -0.3 is 15.8 Å². The van der Waals surface area contributed by atoms with E-state index < -0.39 is 0 Å². The van der Waals surface area contributed by atoms with Crippen molar-refractivity contribution < 1.29 is 9.53 Å². The van der Waals surface area contributed by atoms with E-state index >= 15 is 0 Å². The van der Waals surface area contributed by atoms with Crippen LogP contribution in [-0.2, 0) is 4.79 Å². The fourth-order valence-corrected chi connectivity index (χ4v) is 3.85. The first kappa shape index (κ1) is 20.4. The molecule has 0 radical (unpaired) electrons. The van der Waals surface area contributed by atoms with Gasteiger partial charge in [-0.2, -0.15) is 0 Å². The summed E-state index contributed by atoms with van der Waals surface area (Å²) < 4.78 is 5.39. The van der Waals surface area contributed by atoms with Crippen molar-refractivity contribution in [3.63, 3.8) is 0 Å². The Morgan fingerprint density at radius 2 is 1.79 bits per heavy atom. The van der Waals surface area contributed by atoms with Crippen molar-refractivity contribution in [1.82, 2.24) is 10.2 Å². The molecule has 28 heavy (non-hydrogen) atoms. The fourth-order valence-electron chi connectivity index (χ4n) is 3.85. The summed E-state index contributed by atoms with van der Waals surface area (Å²) in [5.41, 5.74) is 8.48. The summed E-state index contributed by atoms with van der Waals surface area (Å²) in [5, 5.41) is 3.14. The molecule has 0 bridgehead atoms. The number of hydrogen-bond donors (Lipinski definition) is 2. The maximum Gasteiger partial charge on any atom is 0.224 e. The topological polar surface area (TPSA) is 67.6 Å². The molecule has 0 spiro atoms. The highest BCUT2D eigenvalue weighted by Gasteiger charge is 2.27. The van der Waals surface area contributed by atoms with E-state index in [1.807, 2.05) is 49.4 Å². The van der Waals surface area contributed by atoms with Crippen LogP contribution in [0.4, 0.5) is 0 Å². The van der Waals surface area contributed by atoms with Crippen molar-refractivity contribution in [2.75, 3.05) is 26.7 Å². The summed E-state index contributed by atoms with van der Waals surface area (Å²) >= 11 is 0. The summed E-state index contributed by atoms with van der Waals surface area (Å²) in [6.45, 7) is 4.56. The standard InChI is InChI=1S/C23H31N3O2/c1-17(22(24)18-9-4-3-5-10-18)23(27)25-16-21(26-13-6-7-14-26)19-11-8-12-20(15-19)28-2/h3-5,8-12,15,17,21-22H,6-7,13-14,16,24H2,1-2H3,(H,25,27). The van der Waals surface area contributed by atoms with Crippen molar-refractivity contribution in [2.45, 2.75) is 31.8 Å². The number of benzene rings is 2. The molecule has 3 unspecified atom stereocenters. The summed E-state index contributed by atoms with van der Waals surface area (Å²) in [5.74, 6) is 0.530. The first-order valence-electron chi connectivity index (χ1n) is 10.1. The van der Waals surface area contributed by atoms with Crippen molar-refractivity contribution in [2.24, 2.45) is 11.7 Å². The zero-order valence-corrected chi connectivity index (χ0v) is 16.8. The third-order valence-electron chi connectivity index (χ3n) is 5.67. The molecule has 1 heterocycles. The molecule has 5 nitrogen and oxygen atoms in total. The molecule has 1 aliphatic heterocycles. The van der Waals surface area contributed by atoms with Crippen LogP contribution in [0, 0.1) is 5.92 Å². The Morgan fingerprint density at radius 1 is 1.11 bits per heavy atom. The Kier molecular flexibility index (Phi) is 7.06. The molecule has 3 N–H and O–H groups in total. The number of ether oxygens (including phenoxy) is 1. The number of carbonyl (C=O) groups excluding carboxylic acids is 1. The van der Waals surface area contributed by atoms with Gasteiger partial charge in [-0.1, -0.05) is 49.4 Å². The average Bonchev–Trinajstić information content (AvgIpc) is 3.28. The van der Waals surface area contributed by atoms with Gasteiger partial charge in [0.2, 0.25) is 5.91 Å². The highest BCUT2D eigenvalue weighted by molar-refractivity contribution is 5.79. The normalized spacial score (nSPS) is 17.7. The van der Waals surface area contributed by atoms with Crippen LogP contribution < -0.4 is 15.8 Å². The van der Waals surface area contributed by atoms with Gasteiger partial charge in [0.05, 0.1) is 19.1 Å². The minimum absolute atomic E-state index is 0.0107. The number of carbonyl (C=O) groups is 1. The maximum absolute atomic E-state index is 12.8. The molecule has 1 aliphatic rings. The van der Waals surface area contributed by atoms with Crippen LogP contribution in [0.5, 0.6) is 5.75 Å². The molecule has 2 aromatic rings. The lowest BCUT2D eigenvalue weighted by Crippen LogP contribution is -2.41. The van der Waals surface area contributed by atoms with Crippen LogP contribution in [0.25, 0.3) is 0 Å². The second-order valence-corrected chi connectivity index (χ2v) is 7.51. The van der Waals surface area contributed by atoms with E-state index in [-0.39, 0.29) is 23.9 Å². The number of amides is 1. The Labute approximate surface area is 167 Å². The quantitative estimate of drug-likeness (QED) is 0.736. The highest BCUT2D eigenvalue weighted by Crippen LogP contribution is 2.27. The van der Waals surface area contributed by atoms with Crippen LogP contribution in [0.15, 0.2) is 54.6 Å². The predicted octanol–water partition coefficient (Wildman–Crippen LogP) is 3.28. The number of hydrogen-bond acceptors (Lipinski definition) is 4. The summed E-state index contributed by atoms with van der Waals surface area (Å²) in [4.78, 5) is 15.2. The summed E-state index contributed by atoms with van der Waals surface area (Å²) in [6, 6.07) is 17.7. The van der Waals surface area contributed by atoms with E-state index in [0.29, 0.717) is 6.54 Å². The molecule has 3 atom stereocenters. The molecule has 1 fully saturated rings. The highest BCUT2D eigenvalue weighted by atomic mass is 16.5. The summed E-state index contributed by atoms with van der Waals surface area (Å²) in [7, 11) is 1.68. The molecule has 1 saturated heterocycles. The number of likely N-dealkylation sites (tertiary alicyclic amines) is 1. The molecule has 0 aliphatic carbocycles. The third kappa shape index (κ3) is 4.91. The fraction of sp³-hybridized carbons (Fsp3) is 0.435. The van der Waals surface area contributed by atoms with Crippen molar-refractivity contribution in [1.29, 1.82) is 0 Å². The SMILES string of the molecule is COc1cccc(C(CNC(=O)C(C)C(N)c2ccccc2)N2CCCC2)c1. The number of nitrogens with zero attached hydrogens (tertiary/aromatic N) is 1. The molecular weight excluding hydrogens is 350 g/mol. The third-order valence-corrected chi connectivity index (χ3v) is 5.67. The van der Waals surface area contributed by atoms with Gasteiger partial charge in [0, 0.05) is 12.6 Å². The Balaban J connectivity index is 1.68. The maximum atomic E-state index is 12.8. The number of rotatable bonds is 8. The van der Waals surface area contributed by atoms with Gasteiger partial charge in [-0.05, 0) is 49.2 Å². The minimum atomic E-state index is -0.316. The van der Waals surface area contributed by atoms with Crippen molar-refractivity contribution in [3.05, 3.63) is 65.7 Å². The second-order valence-electron chi connectivity index (χ2n) is 7.51. The zero-order valence-electron chi connectivity index (χ0n) is 16.8. The lowest BCUT2D eigenvalue weighted by atomic mass is 9.94. The van der Waals surface area contributed by atoms with Gasteiger partial charge in [-0.25, -0.2) is 0 Å². The van der Waals surface area contributed by atoms with Gasteiger partial charge in [0.25, 0.3) is 0 Å². The van der Waals surface area contributed by atoms with Crippen molar-refractivity contribution >= 4 is 5.91 Å². The number of methoxy groups -OCH3 is 1. The van der Waals surface area contributed by atoms with Crippen LogP contribution in [0.3, 0.4) is 0 Å². The van der Waals surface area contributed by atoms with E-state index in [1.165, 1.54) is 18.4 Å². The molecule has 150 valence electrons. The lowest BCUT2D eigenvalue weighted by molar-refractivity contribution is -0.125. The van der Waals surface area contributed by atoms with E-state index in [1.54, 1.807) is 7.11 Å². The smallest absolute Gasteiger partial charge is 0.224 e. The second kappa shape index (κ2) is 9.71. The van der Waals surface area contributed by atoms with Crippen LogP contribution >= 0.6 is 0 Å². The first-order valence-corrected chi connectivity index (χ1v) is 10.1. The molecular formula is C23H31N3O2. The Hall–Kier alpha value is -2.37. The monoisotopic (exact) mass is 381 g/mol. The van der Waals surface area contributed by atoms with Crippen LogP contribution in [-0.4, -0.2) is 37.6 Å². The molecule has 2 aromatic carbocycles. The van der Waals surface area contributed by atoms with Crippen molar-refractivity contribution in [3.8, 4) is 5.75 Å². The average molecular weight is 382 g/mol. The molecule has 0 aromatic heterocycles. The Bertz CT molecular complexity index is 759. The van der Waals surface area contributed by atoms with E-state index in [2.05, 4.69) is 22.3 Å². The van der Waals surface area contributed by atoms with E-state index in [4.69, 9.17) is 10.5 Å². The Morgan fingerprint density at radius 3 is 2.46 bits per heavy atom. The van der Waals surface area contributed by atoms with E-state index in [9.17, 15) is 4.79 Å². The van der Waals surface area contributed by atoms with Gasteiger partial charge in [-0.3, -0.25) is 9.69 Å². The molecule has 5 heteroatoms. The first-order chi connectivity index (χ1) is 13.6. The molecule has 0 saturated carbocycles. The van der Waals surface area contributed by atoms with Gasteiger partial charge in [0.1, 0.15) is 5.75 Å². The zero-order chi connectivity index (χ0) is 19.9. The van der Waals surface area contributed by atoms with E-state index in [0.717, 1.165) is 24.4 Å². The van der Waals surface area contributed by atoms with Gasteiger partial charge in [-0.15, -0.1) is 0 Å². The molecule has 3 rings (SSSR count). The van der Waals surface area contributed by atoms with Crippen LogP contribution in [0.2, 0.25) is 0 Å². The predicted molar refractivity (Wildman–Crippen MR) is 112 cm³/mol. The lowest BCUT2D eigenvalue weighted by Gasteiger charge is -2.29. The number of nitrogens with one attached hydrogen (secondary N) is 1. The largest absolute Gasteiger partial charge is 0.497 e. The minimum Gasteiger partial charge on any atom is -0.497 e. The summed E-state index contributed by atoms with van der Waals surface area (Å²) in [6.07, 6.45) is 2.40. The van der Waals surface area contributed by atoms with Crippen LogP contribution in [0.1, 0.15) is 43.0 Å². The number of nitrogens with two attached hydrogens (primary N) is 1.